The SMILES string of the molecule is COc1cc(/C=C2\SC(=S)N(Cc3ccco3)C2=O)cc(Br)c1OCC(=O)Nc1ccc(F)cc1. The lowest BCUT2D eigenvalue weighted by Crippen LogP contribution is -2.27. The molecule has 1 aromatic heterocycles. The first kappa shape index (κ1) is 25.0. The number of carbonyl (C=O) groups is 2. The van der Waals surface area contributed by atoms with Crippen molar-refractivity contribution in [2.45, 2.75) is 6.54 Å². The van der Waals surface area contributed by atoms with Crippen LogP contribution >= 0.6 is 39.9 Å². The van der Waals surface area contributed by atoms with Crippen LogP contribution in [0.25, 0.3) is 6.08 Å². The third-order valence-electron chi connectivity index (χ3n) is 4.79. The number of benzene rings is 2. The van der Waals surface area contributed by atoms with E-state index < -0.39 is 11.7 Å². The van der Waals surface area contributed by atoms with E-state index in [1.54, 1.807) is 36.6 Å². The summed E-state index contributed by atoms with van der Waals surface area (Å²) in [6.07, 6.45) is 3.25. The van der Waals surface area contributed by atoms with E-state index in [1.165, 1.54) is 48.0 Å². The molecular formula is C24H18BrFN2O5S2. The third kappa shape index (κ3) is 6.11. The lowest BCUT2D eigenvalue weighted by molar-refractivity contribution is -0.122. The van der Waals surface area contributed by atoms with Crippen molar-refractivity contribution in [2.75, 3.05) is 19.0 Å². The van der Waals surface area contributed by atoms with Crippen LogP contribution in [0, 0.1) is 5.82 Å². The van der Waals surface area contributed by atoms with Gasteiger partial charge in [0.1, 0.15) is 15.9 Å². The molecule has 4 rings (SSSR count). The number of carbonyl (C=O) groups excluding carboxylic acids is 2. The van der Waals surface area contributed by atoms with Gasteiger partial charge in [0.05, 0.1) is 29.3 Å². The molecule has 35 heavy (non-hydrogen) atoms. The minimum atomic E-state index is -0.421. The molecule has 1 N–H and O–H groups in total. The molecule has 180 valence electrons. The number of nitrogens with zero attached hydrogens (tertiary/aromatic N) is 1. The maximum Gasteiger partial charge on any atom is 0.266 e. The van der Waals surface area contributed by atoms with Crippen molar-refractivity contribution in [3.05, 3.63) is 81.3 Å². The lowest BCUT2D eigenvalue weighted by Gasteiger charge is -2.14. The minimum absolute atomic E-state index is 0.218. The molecule has 0 unspecified atom stereocenters. The first-order chi connectivity index (χ1) is 16.8. The molecule has 1 aliphatic rings. The van der Waals surface area contributed by atoms with E-state index in [9.17, 15) is 14.0 Å². The largest absolute Gasteiger partial charge is 0.493 e. The normalized spacial score (nSPS) is 14.5. The molecule has 1 aliphatic heterocycles. The number of hydrogen-bond acceptors (Lipinski definition) is 7. The van der Waals surface area contributed by atoms with Crippen LogP contribution in [0.3, 0.4) is 0 Å². The average Bonchev–Trinajstić information content (AvgIpc) is 3.43. The van der Waals surface area contributed by atoms with Gasteiger partial charge in [-0.15, -0.1) is 0 Å². The monoisotopic (exact) mass is 576 g/mol. The molecular weight excluding hydrogens is 559 g/mol. The second-order valence-electron chi connectivity index (χ2n) is 7.23. The Bertz CT molecular complexity index is 1300. The quantitative estimate of drug-likeness (QED) is 0.276. The van der Waals surface area contributed by atoms with Crippen LogP contribution < -0.4 is 14.8 Å². The van der Waals surface area contributed by atoms with E-state index in [-0.39, 0.29) is 19.1 Å². The van der Waals surface area contributed by atoms with Crippen LogP contribution in [0.5, 0.6) is 11.5 Å². The molecule has 11 heteroatoms. The molecule has 1 fully saturated rings. The fourth-order valence-electron chi connectivity index (χ4n) is 3.18. The Labute approximate surface area is 218 Å². The summed E-state index contributed by atoms with van der Waals surface area (Å²) in [4.78, 5) is 27.0. The first-order valence-corrected chi connectivity index (χ1v) is 12.2. The van der Waals surface area contributed by atoms with Gasteiger partial charge in [-0.1, -0.05) is 24.0 Å². The Kier molecular flexibility index (Phi) is 7.89. The smallest absolute Gasteiger partial charge is 0.266 e. The highest BCUT2D eigenvalue weighted by atomic mass is 79.9. The van der Waals surface area contributed by atoms with E-state index in [2.05, 4.69) is 21.2 Å². The highest BCUT2D eigenvalue weighted by Gasteiger charge is 2.32. The summed E-state index contributed by atoms with van der Waals surface area (Å²) in [5, 5.41) is 2.62. The Morgan fingerprint density at radius 2 is 2.06 bits per heavy atom. The zero-order valence-corrected chi connectivity index (χ0v) is 21.5. The van der Waals surface area contributed by atoms with Gasteiger partial charge in [-0.2, -0.15) is 0 Å². The van der Waals surface area contributed by atoms with Crippen LogP contribution in [-0.2, 0) is 16.1 Å². The van der Waals surface area contributed by atoms with E-state index in [0.717, 1.165) is 0 Å². The van der Waals surface area contributed by atoms with E-state index in [4.69, 9.17) is 26.1 Å². The number of nitrogens with one attached hydrogen (secondary N) is 1. The molecule has 2 amide bonds. The van der Waals surface area contributed by atoms with Gasteiger partial charge in [-0.3, -0.25) is 14.5 Å². The highest BCUT2D eigenvalue weighted by Crippen LogP contribution is 2.39. The molecule has 0 radical (unpaired) electrons. The topological polar surface area (TPSA) is 81.0 Å². The standard InChI is InChI=1S/C24H18BrFN2O5S2/c1-31-19-10-14(11-20-23(30)28(24(34)35-20)12-17-3-2-8-32-17)9-18(25)22(19)33-13-21(29)27-16-6-4-15(26)5-7-16/h2-11H,12-13H2,1H3,(H,27,29)/b20-11-. The highest BCUT2D eigenvalue weighted by molar-refractivity contribution is 9.10. The Hall–Kier alpha value is -3.15. The van der Waals surface area contributed by atoms with Gasteiger partial charge in [-0.25, -0.2) is 4.39 Å². The van der Waals surface area contributed by atoms with Crippen LogP contribution in [0.4, 0.5) is 10.1 Å². The molecule has 2 heterocycles. The fourth-order valence-corrected chi connectivity index (χ4v) is 5.01. The van der Waals surface area contributed by atoms with E-state index >= 15 is 0 Å². The van der Waals surface area contributed by atoms with Crippen LogP contribution in [0.2, 0.25) is 0 Å². The number of amides is 2. The zero-order valence-electron chi connectivity index (χ0n) is 18.2. The van der Waals surface area contributed by atoms with Crippen LogP contribution in [-0.4, -0.2) is 34.8 Å². The molecule has 0 spiro atoms. The predicted molar refractivity (Wildman–Crippen MR) is 139 cm³/mol. The van der Waals surface area contributed by atoms with Crippen molar-refractivity contribution < 1.29 is 27.9 Å². The van der Waals surface area contributed by atoms with E-state index in [0.29, 0.717) is 42.2 Å². The van der Waals surface area contributed by atoms with Crippen molar-refractivity contribution in [2.24, 2.45) is 0 Å². The summed E-state index contributed by atoms with van der Waals surface area (Å²) >= 11 is 10.0. The summed E-state index contributed by atoms with van der Waals surface area (Å²) in [7, 11) is 1.47. The Morgan fingerprint density at radius 1 is 1.29 bits per heavy atom. The van der Waals surface area contributed by atoms with Gasteiger partial charge in [0.2, 0.25) is 0 Å². The predicted octanol–water partition coefficient (Wildman–Crippen LogP) is 5.61. The van der Waals surface area contributed by atoms with Gasteiger partial charge in [-0.05, 0) is 76.1 Å². The Balaban J connectivity index is 1.46. The zero-order chi connectivity index (χ0) is 24.9. The molecule has 0 bridgehead atoms. The van der Waals surface area contributed by atoms with Gasteiger partial charge >= 0.3 is 0 Å². The van der Waals surface area contributed by atoms with Crippen molar-refractivity contribution >= 4 is 67.8 Å². The summed E-state index contributed by atoms with van der Waals surface area (Å²) in [5.41, 5.74) is 1.13. The number of furan rings is 1. The number of thioether (sulfide) groups is 1. The number of halogens is 2. The number of ether oxygens (including phenoxy) is 2. The van der Waals surface area contributed by atoms with Crippen LogP contribution in [0.15, 0.2) is 68.6 Å². The van der Waals surface area contributed by atoms with Gasteiger partial charge in [0.25, 0.3) is 11.8 Å². The number of thiocarbonyl (C=S) groups is 1. The second-order valence-corrected chi connectivity index (χ2v) is 9.76. The van der Waals surface area contributed by atoms with Crippen LogP contribution in [0.1, 0.15) is 11.3 Å². The van der Waals surface area contributed by atoms with Gasteiger partial charge < -0.3 is 19.2 Å². The molecule has 0 saturated carbocycles. The lowest BCUT2D eigenvalue weighted by atomic mass is 10.2. The molecule has 1 saturated heterocycles. The van der Waals surface area contributed by atoms with Crippen molar-refractivity contribution in [3.63, 3.8) is 0 Å². The number of methoxy groups -OCH3 is 1. The molecule has 0 aliphatic carbocycles. The molecule has 2 aromatic carbocycles. The second kappa shape index (κ2) is 11.1. The minimum Gasteiger partial charge on any atom is -0.493 e. The number of anilines is 1. The van der Waals surface area contributed by atoms with Crippen molar-refractivity contribution in [3.8, 4) is 11.5 Å². The summed E-state index contributed by atoms with van der Waals surface area (Å²) in [6.45, 7) is -0.0358. The summed E-state index contributed by atoms with van der Waals surface area (Å²) < 4.78 is 30.4. The number of rotatable bonds is 8. The number of hydrogen-bond donors (Lipinski definition) is 1. The maximum absolute atomic E-state index is 13.0. The first-order valence-electron chi connectivity index (χ1n) is 10.2. The molecule has 7 nitrogen and oxygen atoms in total. The average molecular weight is 577 g/mol. The summed E-state index contributed by atoms with van der Waals surface area (Å²) in [5.74, 6) is 0.291. The molecule has 0 atom stereocenters. The Morgan fingerprint density at radius 3 is 2.74 bits per heavy atom. The fraction of sp³-hybridized carbons (Fsp3) is 0.125. The summed E-state index contributed by atoms with van der Waals surface area (Å²) in [6, 6.07) is 12.4. The van der Waals surface area contributed by atoms with E-state index in [1.807, 2.05) is 0 Å². The van der Waals surface area contributed by atoms with Crippen molar-refractivity contribution in [1.82, 2.24) is 4.90 Å². The van der Waals surface area contributed by atoms with Crippen molar-refractivity contribution in [1.29, 1.82) is 0 Å². The van der Waals surface area contributed by atoms with Gasteiger partial charge in [0.15, 0.2) is 18.1 Å². The third-order valence-corrected chi connectivity index (χ3v) is 6.76. The van der Waals surface area contributed by atoms with Gasteiger partial charge in [0, 0.05) is 5.69 Å². The molecule has 3 aromatic rings. The maximum atomic E-state index is 13.0.